The van der Waals surface area contributed by atoms with Gasteiger partial charge in [-0.3, -0.25) is 9.59 Å². The van der Waals surface area contributed by atoms with Crippen molar-refractivity contribution < 1.29 is 22.4 Å². The first-order valence-electron chi connectivity index (χ1n) is 9.79. The quantitative estimate of drug-likeness (QED) is 0.515. The van der Waals surface area contributed by atoms with Gasteiger partial charge in [-0.1, -0.05) is 38.1 Å². The molecule has 1 atom stereocenters. The maximum absolute atomic E-state index is 13.3. The van der Waals surface area contributed by atoms with E-state index >= 15 is 0 Å². The molecule has 0 saturated carbocycles. The summed E-state index contributed by atoms with van der Waals surface area (Å²) in [5, 5.41) is 2.89. The van der Waals surface area contributed by atoms with Gasteiger partial charge in [-0.2, -0.15) is 0 Å². The summed E-state index contributed by atoms with van der Waals surface area (Å²) in [4.78, 5) is 25.5. The monoisotopic (exact) mass is 437 g/mol. The minimum atomic E-state index is -3.93. The molecule has 0 bridgehead atoms. The first-order chi connectivity index (χ1) is 14.7. The van der Waals surface area contributed by atoms with Crippen molar-refractivity contribution in [2.24, 2.45) is 5.92 Å². The number of nitrogens with one attached hydrogen (secondary N) is 1. The zero-order valence-electron chi connectivity index (χ0n) is 16.9. The molecule has 1 N–H and O–H groups in total. The van der Waals surface area contributed by atoms with Crippen LogP contribution in [0.2, 0.25) is 0 Å². The topological polar surface area (TPSA) is 80.3 Å². The van der Waals surface area contributed by atoms with E-state index in [1.54, 1.807) is 24.3 Å². The van der Waals surface area contributed by atoms with Crippen molar-refractivity contribution in [1.82, 2.24) is 5.32 Å². The summed E-state index contributed by atoms with van der Waals surface area (Å²) in [5.74, 6) is -1.24. The molecule has 4 rings (SSSR count). The van der Waals surface area contributed by atoms with Crippen LogP contribution in [0.25, 0.3) is 0 Å². The van der Waals surface area contributed by atoms with Crippen molar-refractivity contribution in [2.75, 3.05) is 0 Å². The highest BCUT2D eigenvalue weighted by Crippen LogP contribution is 2.35. The molecule has 0 fully saturated rings. The Labute approximate surface area is 179 Å². The second-order valence-electron chi connectivity index (χ2n) is 7.79. The number of sulfone groups is 1. The summed E-state index contributed by atoms with van der Waals surface area (Å²) in [6.07, 6.45) is 0. The van der Waals surface area contributed by atoms with Crippen LogP contribution in [-0.2, 0) is 9.84 Å². The second kappa shape index (κ2) is 7.74. The standard InChI is InChI=1S/C24H20FNO4S/c1-14(2)22(15-7-10-17(25)11-8-15)26-24(28)16-9-12-19-21(13-16)31(29,30)20-6-4-3-5-18(20)23(19)27/h3-14,22H,1-2H3,(H,26,28)/t22-/m0/s1. The van der Waals surface area contributed by atoms with Gasteiger partial charge in [0, 0.05) is 16.7 Å². The number of carbonyl (C=O) groups excluding carboxylic acids is 2. The van der Waals surface area contributed by atoms with Crippen molar-refractivity contribution >= 4 is 21.5 Å². The second-order valence-corrected chi connectivity index (χ2v) is 9.67. The smallest absolute Gasteiger partial charge is 0.251 e. The number of carbonyl (C=O) groups is 2. The summed E-state index contributed by atoms with van der Waals surface area (Å²) in [5.41, 5.74) is 1.04. The summed E-state index contributed by atoms with van der Waals surface area (Å²) < 4.78 is 39.4. The van der Waals surface area contributed by atoms with Crippen LogP contribution in [0.4, 0.5) is 4.39 Å². The van der Waals surface area contributed by atoms with Crippen LogP contribution in [0.1, 0.15) is 51.7 Å². The van der Waals surface area contributed by atoms with Crippen LogP contribution in [0, 0.1) is 11.7 Å². The van der Waals surface area contributed by atoms with Crippen LogP contribution >= 0.6 is 0 Å². The number of ketones is 1. The molecular formula is C24H20FNO4S. The molecule has 0 spiro atoms. The molecule has 0 aromatic heterocycles. The SMILES string of the molecule is CC(C)[C@H](NC(=O)c1ccc2c(c1)S(=O)(=O)c1ccccc1C2=O)c1ccc(F)cc1. The van der Waals surface area contributed by atoms with Gasteiger partial charge >= 0.3 is 0 Å². The van der Waals surface area contributed by atoms with Gasteiger partial charge in [-0.15, -0.1) is 0 Å². The third-order valence-corrected chi connectivity index (χ3v) is 7.23. The Balaban J connectivity index is 1.70. The van der Waals surface area contributed by atoms with E-state index in [2.05, 4.69) is 5.32 Å². The lowest BCUT2D eigenvalue weighted by atomic mass is 9.95. The molecule has 3 aromatic rings. The first-order valence-corrected chi connectivity index (χ1v) is 11.3. The number of benzene rings is 3. The predicted octanol–water partition coefficient (Wildman–Crippen LogP) is 4.33. The van der Waals surface area contributed by atoms with Gasteiger partial charge in [0.1, 0.15) is 5.82 Å². The fraction of sp³-hybridized carbons (Fsp3) is 0.167. The van der Waals surface area contributed by atoms with E-state index in [0.29, 0.717) is 0 Å². The Kier molecular flexibility index (Phi) is 5.23. The zero-order chi connectivity index (χ0) is 22.3. The van der Waals surface area contributed by atoms with Crippen LogP contribution < -0.4 is 5.32 Å². The summed E-state index contributed by atoms with van der Waals surface area (Å²) in [7, 11) is -3.93. The molecule has 0 radical (unpaired) electrons. The lowest BCUT2D eigenvalue weighted by Gasteiger charge is -2.24. The van der Waals surface area contributed by atoms with E-state index in [0.717, 1.165) is 5.56 Å². The normalized spacial score (nSPS) is 15.2. The molecule has 31 heavy (non-hydrogen) atoms. The van der Waals surface area contributed by atoms with E-state index in [9.17, 15) is 22.4 Å². The highest BCUT2D eigenvalue weighted by Gasteiger charge is 2.35. The molecule has 3 aromatic carbocycles. The molecule has 7 heteroatoms. The summed E-state index contributed by atoms with van der Waals surface area (Å²) in [6.45, 7) is 3.84. The van der Waals surface area contributed by atoms with Gasteiger partial charge in [0.05, 0.1) is 15.8 Å². The molecule has 1 aliphatic heterocycles. The number of halogens is 1. The molecule has 0 saturated heterocycles. The van der Waals surface area contributed by atoms with E-state index in [4.69, 9.17) is 0 Å². The lowest BCUT2D eigenvalue weighted by molar-refractivity contribution is 0.0924. The van der Waals surface area contributed by atoms with Gasteiger partial charge in [-0.25, -0.2) is 12.8 Å². The number of amides is 1. The Morgan fingerprint density at radius 3 is 2.23 bits per heavy atom. The van der Waals surface area contributed by atoms with Crippen molar-refractivity contribution in [3.8, 4) is 0 Å². The third kappa shape index (κ3) is 3.65. The highest BCUT2D eigenvalue weighted by molar-refractivity contribution is 7.91. The molecule has 1 amide bonds. The van der Waals surface area contributed by atoms with E-state index in [1.165, 1.54) is 42.5 Å². The van der Waals surface area contributed by atoms with E-state index in [1.807, 2.05) is 13.8 Å². The largest absolute Gasteiger partial charge is 0.345 e. The average molecular weight is 437 g/mol. The number of hydrogen-bond donors (Lipinski definition) is 1. The molecule has 158 valence electrons. The van der Waals surface area contributed by atoms with Gasteiger partial charge in [0.15, 0.2) is 5.78 Å². The Bertz CT molecular complexity index is 1300. The first kappa shape index (κ1) is 20.9. The van der Waals surface area contributed by atoms with Crippen LogP contribution in [0.3, 0.4) is 0 Å². The number of rotatable bonds is 4. The van der Waals surface area contributed by atoms with Gasteiger partial charge in [-0.05, 0) is 53.9 Å². The van der Waals surface area contributed by atoms with Crippen LogP contribution in [-0.4, -0.2) is 20.1 Å². The Morgan fingerprint density at radius 1 is 0.903 bits per heavy atom. The van der Waals surface area contributed by atoms with E-state index in [-0.39, 0.29) is 38.2 Å². The van der Waals surface area contributed by atoms with Gasteiger partial charge < -0.3 is 5.32 Å². The molecule has 1 heterocycles. The minimum Gasteiger partial charge on any atom is -0.345 e. The molecule has 0 unspecified atom stereocenters. The fourth-order valence-electron chi connectivity index (χ4n) is 3.76. The fourth-order valence-corrected chi connectivity index (χ4v) is 5.43. The summed E-state index contributed by atoms with van der Waals surface area (Å²) >= 11 is 0. The lowest BCUT2D eigenvalue weighted by Crippen LogP contribution is -2.32. The van der Waals surface area contributed by atoms with Crippen LogP contribution in [0.5, 0.6) is 0 Å². The van der Waals surface area contributed by atoms with Gasteiger partial charge in [0.2, 0.25) is 9.84 Å². The average Bonchev–Trinajstić information content (AvgIpc) is 2.76. The van der Waals surface area contributed by atoms with Crippen LogP contribution in [0.15, 0.2) is 76.5 Å². The number of hydrogen-bond acceptors (Lipinski definition) is 4. The molecule has 0 aliphatic carbocycles. The zero-order valence-corrected chi connectivity index (χ0v) is 17.7. The molecule has 5 nitrogen and oxygen atoms in total. The number of fused-ring (bicyclic) bond motifs is 2. The molecule has 1 aliphatic rings. The maximum atomic E-state index is 13.3. The van der Waals surface area contributed by atoms with Crippen molar-refractivity contribution in [3.05, 3.63) is 94.8 Å². The van der Waals surface area contributed by atoms with E-state index < -0.39 is 27.6 Å². The maximum Gasteiger partial charge on any atom is 0.251 e. The minimum absolute atomic E-state index is 0.00391. The summed E-state index contributed by atoms with van der Waals surface area (Å²) in [6, 6.07) is 15.6. The third-order valence-electron chi connectivity index (χ3n) is 5.38. The molecular weight excluding hydrogens is 417 g/mol. The van der Waals surface area contributed by atoms with Gasteiger partial charge in [0.25, 0.3) is 5.91 Å². The Morgan fingerprint density at radius 2 is 1.55 bits per heavy atom. The van der Waals surface area contributed by atoms with Crippen molar-refractivity contribution in [2.45, 2.75) is 29.7 Å². The Hall–Kier alpha value is -3.32. The van der Waals surface area contributed by atoms with Crippen molar-refractivity contribution in [1.29, 1.82) is 0 Å². The predicted molar refractivity (Wildman–Crippen MR) is 113 cm³/mol. The van der Waals surface area contributed by atoms with Crippen molar-refractivity contribution in [3.63, 3.8) is 0 Å². The highest BCUT2D eigenvalue weighted by atomic mass is 32.2.